The van der Waals surface area contributed by atoms with E-state index in [1.165, 1.54) is 6.07 Å². The Kier molecular flexibility index (Phi) is 6.45. The second-order valence-electron chi connectivity index (χ2n) is 5.73. The third kappa shape index (κ3) is 4.74. The number of hydrogen-bond donors (Lipinski definition) is 3. The molecule has 0 saturated carbocycles. The first kappa shape index (κ1) is 19.3. The molecule has 140 valence electrons. The molecule has 1 aliphatic heterocycles. The average molecular weight is 359 g/mol. The van der Waals surface area contributed by atoms with E-state index in [1.807, 2.05) is 6.92 Å². The molecule has 3 atom stereocenters. The van der Waals surface area contributed by atoms with Crippen molar-refractivity contribution in [3.8, 4) is 0 Å². The van der Waals surface area contributed by atoms with Crippen LogP contribution in [0, 0.1) is 0 Å². The van der Waals surface area contributed by atoms with Gasteiger partial charge in [0.25, 0.3) is 5.98 Å². The number of hydrogen-bond acceptors (Lipinski definition) is 7. The molecule has 9 nitrogen and oxygen atoms in total. The summed E-state index contributed by atoms with van der Waals surface area (Å²) in [5, 5.41) is 20.9. The molecular weight excluding hydrogens is 337 g/mol. The predicted molar refractivity (Wildman–Crippen MR) is 84.7 cm³/mol. The van der Waals surface area contributed by atoms with Gasteiger partial charge >= 0.3 is 11.8 Å². The maximum absolute atomic E-state index is 14.7. The van der Waals surface area contributed by atoms with E-state index in [-0.39, 0.29) is 12.4 Å². The molecule has 1 aromatic heterocycles. The van der Waals surface area contributed by atoms with Crippen molar-refractivity contribution in [1.82, 2.24) is 9.55 Å². The van der Waals surface area contributed by atoms with Crippen LogP contribution in [0.1, 0.15) is 32.6 Å². The summed E-state index contributed by atoms with van der Waals surface area (Å²) in [7, 11) is 0. The molecule has 10 heteroatoms. The number of ether oxygens (including phenoxy) is 2. The van der Waals surface area contributed by atoms with Crippen molar-refractivity contribution >= 4 is 11.9 Å². The van der Waals surface area contributed by atoms with Crippen LogP contribution in [-0.4, -0.2) is 51.3 Å². The average Bonchev–Trinajstić information content (AvgIpc) is 2.86. The van der Waals surface area contributed by atoms with Crippen molar-refractivity contribution in [2.75, 3.05) is 18.5 Å². The first-order valence-electron chi connectivity index (χ1n) is 8.09. The molecular formula is C15H22FN3O6. The van der Waals surface area contributed by atoms with E-state index in [9.17, 15) is 19.1 Å². The van der Waals surface area contributed by atoms with Gasteiger partial charge in [0, 0.05) is 6.20 Å². The second-order valence-corrected chi connectivity index (χ2v) is 5.73. The van der Waals surface area contributed by atoms with E-state index in [0.717, 1.165) is 25.5 Å². The van der Waals surface area contributed by atoms with E-state index in [0.29, 0.717) is 4.57 Å². The molecule has 0 aromatic carbocycles. The third-order valence-corrected chi connectivity index (χ3v) is 3.78. The van der Waals surface area contributed by atoms with Crippen molar-refractivity contribution in [1.29, 1.82) is 0 Å². The number of carbonyl (C=O) groups is 1. The van der Waals surface area contributed by atoms with Gasteiger partial charge in [-0.05, 0) is 12.5 Å². The van der Waals surface area contributed by atoms with Crippen LogP contribution in [0.3, 0.4) is 0 Å². The summed E-state index contributed by atoms with van der Waals surface area (Å²) in [6.07, 6.45) is 0.0364. The van der Waals surface area contributed by atoms with Gasteiger partial charge in [-0.1, -0.05) is 19.8 Å². The lowest BCUT2D eigenvalue weighted by Crippen LogP contribution is -2.39. The number of halogens is 1. The van der Waals surface area contributed by atoms with Crippen LogP contribution in [0.2, 0.25) is 0 Å². The second kappa shape index (κ2) is 8.37. The van der Waals surface area contributed by atoms with Crippen molar-refractivity contribution in [3.63, 3.8) is 0 Å². The lowest BCUT2D eigenvalue weighted by Gasteiger charge is -2.21. The summed E-state index contributed by atoms with van der Waals surface area (Å²) in [5.74, 6) is -2.71. The number of aromatic nitrogens is 2. The maximum Gasteiger partial charge on any atom is 0.412 e. The molecule has 25 heavy (non-hydrogen) atoms. The zero-order valence-corrected chi connectivity index (χ0v) is 13.9. The molecule has 0 bridgehead atoms. The van der Waals surface area contributed by atoms with Crippen molar-refractivity contribution in [3.05, 3.63) is 22.7 Å². The number of aliphatic hydroxyl groups excluding tert-OH is 2. The fraction of sp³-hybridized carbons (Fsp3) is 0.667. The standard InChI is InChI=1S/C15H22FN3O6/c1-2-3-4-7-24-14(23)18-12-5-6-19(13(22)17-12)15(16)8-10(21)11(9-20)25-15/h5-6,10-11,20-21H,2-4,7-9H2,1H3,(H,17,18,22,23)/t10-,11+,15-/m0/s1. The van der Waals surface area contributed by atoms with Crippen LogP contribution in [0.15, 0.2) is 17.1 Å². The summed E-state index contributed by atoms with van der Waals surface area (Å²) in [6.45, 7) is 1.68. The molecule has 1 aromatic rings. The largest absolute Gasteiger partial charge is 0.449 e. The number of nitrogens with zero attached hydrogens (tertiary/aromatic N) is 2. The summed E-state index contributed by atoms with van der Waals surface area (Å²) < 4.78 is 25.1. The highest BCUT2D eigenvalue weighted by Crippen LogP contribution is 2.35. The van der Waals surface area contributed by atoms with Crippen molar-refractivity contribution < 1.29 is 28.9 Å². The summed E-state index contributed by atoms with van der Waals surface area (Å²) >= 11 is 0. The quantitative estimate of drug-likeness (QED) is 0.613. The van der Waals surface area contributed by atoms with Gasteiger partial charge in [-0.25, -0.2) is 14.2 Å². The summed E-state index contributed by atoms with van der Waals surface area (Å²) in [5.41, 5.74) is -1.02. The van der Waals surface area contributed by atoms with E-state index < -0.39 is 43.0 Å². The zero-order valence-electron chi connectivity index (χ0n) is 13.9. The van der Waals surface area contributed by atoms with Gasteiger partial charge in [0.05, 0.1) is 25.7 Å². The Hall–Kier alpha value is -2.04. The van der Waals surface area contributed by atoms with Crippen LogP contribution >= 0.6 is 0 Å². The smallest absolute Gasteiger partial charge is 0.412 e. The van der Waals surface area contributed by atoms with Gasteiger partial charge in [-0.15, -0.1) is 0 Å². The number of rotatable bonds is 7. The molecule has 1 aliphatic rings. The first-order chi connectivity index (χ1) is 11.9. The highest BCUT2D eigenvalue weighted by Gasteiger charge is 2.48. The fourth-order valence-electron chi connectivity index (χ4n) is 2.45. The van der Waals surface area contributed by atoms with E-state index in [1.54, 1.807) is 0 Å². The topological polar surface area (TPSA) is 123 Å². The van der Waals surface area contributed by atoms with E-state index >= 15 is 0 Å². The Balaban J connectivity index is 2.01. The molecule has 2 heterocycles. The summed E-state index contributed by atoms with van der Waals surface area (Å²) in [4.78, 5) is 27.1. The maximum atomic E-state index is 14.7. The molecule has 1 saturated heterocycles. The van der Waals surface area contributed by atoms with Crippen LogP contribution < -0.4 is 11.0 Å². The van der Waals surface area contributed by atoms with E-state index in [4.69, 9.17) is 14.6 Å². The van der Waals surface area contributed by atoms with Gasteiger partial charge in [-0.2, -0.15) is 9.37 Å². The van der Waals surface area contributed by atoms with Gasteiger partial charge in [-0.3, -0.25) is 5.32 Å². The highest BCUT2D eigenvalue weighted by molar-refractivity contribution is 5.83. The predicted octanol–water partition coefficient (Wildman–Crippen LogP) is 0.704. The Bertz CT molecular complexity index is 654. The molecule has 0 unspecified atom stereocenters. The number of alkyl halides is 1. The molecule has 0 spiro atoms. The minimum absolute atomic E-state index is 0.0948. The number of aliphatic hydroxyl groups is 2. The molecule has 3 N–H and O–H groups in total. The monoisotopic (exact) mass is 359 g/mol. The highest BCUT2D eigenvalue weighted by atomic mass is 19.2. The zero-order chi connectivity index (χ0) is 18.4. The Labute approximate surface area is 143 Å². The van der Waals surface area contributed by atoms with Gasteiger partial charge in [0.15, 0.2) is 0 Å². The normalized spacial score (nSPS) is 25.8. The third-order valence-electron chi connectivity index (χ3n) is 3.78. The van der Waals surface area contributed by atoms with Crippen molar-refractivity contribution in [2.45, 2.75) is 50.8 Å². The Morgan fingerprint density at radius 3 is 2.96 bits per heavy atom. The number of anilines is 1. The van der Waals surface area contributed by atoms with Crippen LogP contribution in [-0.2, 0) is 15.5 Å². The molecule has 1 amide bonds. The van der Waals surface area contributed by atoms with Crippen LogP contribution in [0.4, 0.5) is 15.0 Å². The van der Waals surface area contributed by atoms with Gasteiger partial charge < -0.3 is 19.7 Å². The fourth-order valence-corrected chi connectivity index (χ4v) is 2.45. The lowest BCUT2D eigenvalue weighted by atomic mass is 10.2. The SMILES string of the molecule is CCCCCOC(=O)Nc1ccn([C@@]2(F)C[C@H](O)[C@@H](CO)O2)c(=O)n1. The first-order valence-corrected chi connectivity index (χ1v) is 8.09. The molecule has 2 rings (SSSR count). The van der Waals surface area contributed by atoms with Gasteiger partial charge in [0.2, 0.25) is 0 Å². The lowest BCUT2D eigenvalue weighted by molar-refractivity contribution is -0.205. The minimum Gasteiger partial charge on any atom is -0.449 e. The Morgan fingerprint density at radius 2 is 2.36 bits per heavy atom. The molecule has 1 fully saturated rings. The number of amides is 1. The van der Waals surface area contributed by atoms with Crippen LogP contribution in [0.25, 0.3) is 0 Å². The van der Waals surface area contributed by atoms with E-state index in [2.05, 4.69) is 10.3 Å². The Morgan fingerprint density at radius 1 is 1.60 bits per heavy atom. The van der Waals surface area contributed by atoms with Gasteiger partial charge in [0.1, 0.15) is 11.9 Å². The summed E-state index contributed by atoms with van der Waals surface area (Å²) in [6, 6.07) is 1.21. The van der Waals surface area contributed by atoms with Crippen LogP contribution in [0.5, 0.6) is 0 Å². The number of unbranched alkanes of at least 4 members (excludes halogenated alkanes) is 2. The number of nitrogens with one attached hydrogen (secondary N) is 1. The molecule has 0 aliphatic carbocycles. The molecule has 0 radical (unpaired) electrons. The number of carbonyl (C=O) groups excluding carboxylic acids is 1. The minimum atomic E-state index is -2.61. The van der Waals surface area contributed by atoms with Crippen molar-refractivity contribution in [2.24, 2.45) is 0 Å².